The summed E-state index contributed by atoms with van der Waals surface area (Å²) in [6, 6.07) is 0. The molecule has 0 aromatic rings. The lowest BCUT2D eigenvalue weighted by molar-refractivity contribution is -0.147. The fraction of sp³-hybridized carbons (Fsp3) is 0.929. The maximum Gasteiger partial charge on any atom is 0.307 e. The molecular weight excluding hydrogens is 214 g/mol. The predicted molar refractivity (Wildman–Crippen MR) is 69.9 cm³/mol. The minimum atomic E-state index is -0.0341. The number of hydrogen-bond acceptors (Lipinski definition) is 3. The third kappa shape index (κ3) is 3.21. The van der Waals surface area contributed by atoms with Crippen LogP contribution >= 0.6 is 0 Å². The monoisotopic (exact) mass is 241 g/mol. The van der Waals surface area contributed by atoms with Crippen molar-refractivity contribution in [1.82, 2.24) is 4.90 Å². The van der Waals surface area contributed by atoms with Gasteiger partial charge >= 0.3 is 5.97 Å². The van der Waals surface area contributed by atoms with Crippen molar-refractivity contribution in [2.24, 2.45) is 5.92 Å². The highest BCUT2D eigenvalue weighted by atomic mass is 16.5. The van der Waals surface area contributed by atoms with Gasteiger partial charge in [0.15, 0.2) is 0 Å². The predicted octanol–water partition coefficient (Wildman–Crippen LogP) is 2.84. The number of carbonyl (C=O) groups is 1. The van der Waals surface area contributed by atoms with Gasteiger partial charge in [0.2, 0.25) is 0 Å². The first kappa shape index (κ1) is 14.5. The third-order valence-electron chi connectivity index (χ3n) is 4.10. The zero-order valence-corrected chi connectivity index (χ0v) is 11.8. The molecule has 3 nitrogen and oxygen atoms in total. The Kier molecular flexibility index (Phi) is 5.44. The second-order valence-electron chi connectivity index (χ2n) is 4.89. The van der Waals surface area contributed by atoms with E-state index < -0.39 is 0 Å². The number of nitrogens with zero attached hydrogens (tertiary/aromatic N) is 1. The highest BCUT2D eigenvalue weighted by Crippen LogP contribution is 2.47. The van der Waals surface area contributed by atoms with E-state index >= 15 is 0 Å². The summed E-state index contributed by atoms with van der Waals surface area (Å²) in [6.07, 6.45) is 4.13. The summed E-state index contributed by atoms with van der Waals surface area (Å²) in [5, 5.41) is 0. The molecule has 17 heavy (non-hydrogen) atoms. The van der Waals surface area contributed by atoms with Gasteiger partial charge in [0, 0.05) is 5.54 Å². The Morgan fingerprint density at radius 1 is 1.24 bits per heavy atom. The molecule has 0 radical (unpaired) electrons. The van der Waals surface area contributed by atoms with Crippen molar-refractivity contribution in [3.8, 4) is 0 Å². The van der Waals surface area contributed by atoms with Crippen LogP contribution in [-0.4, -0.2) is 36.1 Å². The summed E-state index contributed by atoms with van der Waals surface area (Å²) < 4.78 is 5.15. The molecule has 0 N–H and O–H groups in total. The van der Waals surface area contributed by atoms with Crippen LogP contribution < -0.4 is 0 Å². The van der Waals surface area contributed by atoms with E-state index in [1.165, 1.54) is 12.8 Å². The van der Waals surface area contributed by atoms with Crippen LogP contribution in [0.5, 0.6) is 0 Å². The molecule has 0 heterocycles. The van der Waals surface area contributed by atoms with Crippen molar-refractivity contribution in [3.63, 3.8) is 0 Å². The number of hydrogen-bond donors (Lipinski definition) is 0. The second-order valence-corrected chi connectivity index (χ2v) is 4.89. The first-order valence-electron chi connectivity index (χ1n) is 7.05. The van der Waals surface area contributed by atoms with E-state index in [9.17, 15) is 4.79 Å². The largest absolute Gasteiger partial charge is 0.466 e. The Morgan fingerprint density at radius 2 is 1.82 bits per heavy atom. The van der Waals surface area contributed by atoms with E-state index in [1.54, 1.807) is 0 Å². The quantitative estimate of drug-likeness (QED) is 0.612. The molecule has 0 amide bonds. The van der Waals surface area contributed by atoms with Gasteiger partial charge in [0.05, 0.1) is 13.0 Å². The van der Waals surface area contributed by atoms with Crippen LogP contribution in [0.15, 0.2) is 0 Å². The molecule has 1 aliphatic carbocycles. The van der Waals surface area contributed by atoms with E-state index in [4.69, 9.17) is 4.74 Å². The van der Waals surface area contributed by atoms with Gasteiger partial charge in [-0.05, 0) is 45.2 Å². The van der Waals surface area contributed by atoms with Crippen LogP contribution in [0, 0.1) is 5.92 Å². The highest BCUT2D eigenvalue weighted by molar-refractivity contribution is 5.71. The summed E-state index contributed by atoms with van der Waals surface area (Å²) in [5.41, 5.74) is 0.0513. The van der Waals surface area contributed by atoms with E-state index in [0.29, 0.717) is 18.9 Å². The molecule has 0 spiro atoms. The Morgan fingerprint density at radius 3 is 2.18 bits per heavy atom. The second kappa shape index (κ2) is 6.39. The van der Waals surface area contributed by atoms with Crippen LogP contribution in [0.4, 0.5) is 0 Å². The number of carbonyl (C=O) groups excluding carboxylic acids is 1. The Hall–Kier alpha value is -0.570. The van der Waals surface area contributed by atoms with Gasteiger partial charge < -0.3 is 4.74 Å². The molecule has 1 unspecified atom stereocenters. The average Bonchev–Trinajstić information content (AvgIpc) is 3.13. The van der Waals surface area contributed by atoms with Gasteiger partial charge in [0.25, 0.3) is 0 Å². The molecule has 100 valence electrons. The first-order chi connectivity index (χ1) is 8.14. The topological polar surface area (TPSA) is 29.5 Å². The van der Waals surface area contributed by atoms with Gasteiger partial charge in [-0.2, -0.15) is 0 Å². The summed E-state index contributed by atoms with van der Waals surface area (Å²) in [5.74, 6) is 0.657. The van der Waals surface area contributed by atoms with Gasteiger partial charge in [-0.15, -0.1) is 0 Å². The van der Waals surface area contributed by atoms with Gasteiger partial charge in [0.1, 0.15) is 0 Å². The molecule has 0 aromatic carbocycles. The zero-order chi connectivity index (χ0) is 12.9. The molecule has 1 aliphatic rings. The van der Waals surface area contributed by atoms with Crippen LogP contribution in [-0.2, 0) is 9.53 Å². The highest BCUT2D eigenvalue weighted by Gasteiger charge is 2.48. The van der Waals surface area contributed by atoms with Crippen molar-refractivity contribution in [1.29, 1.82) is 0 Å². The lowest BCUT2D eigenvalue weighted by Gasteiger charge is -2.42. The molecule has 1 rings (SSSR count). The van der Waals surface area contributed by atoms with Gasteiger partial charge in [-0.25, -0.2) is 0 Å². The SMILES string of the molecule is CCOC(=O)CC(CC)(C1CC1)N(CC)CC. The van der Waals surface area contributed by atoms with Gasteiger partial charge in [-0.1, -0.05) is 20.8 Å². The van der Waals surface area contributed by atoms with E-state index in [2.05, 4.69) is 25.7 Å². The Labute approximate surface area is 106 Å². The zero-order valence-electron chi connectivity index (χ0n) is 11.8. The maximum atomic E-state index is 11.8. The summed E-state index contributed by atoms with van der Waals surface area (Å²) in [7, 11) is 0. The molecule has 3 heteroatoms. The lowest BCUT2D eigenvalue weighted by atomic mass is 9.84. The van der Waals surface area contributed by atoms with Crippen molar-refractivity contribution in [2.45, 2.75) is 58.9 Å². The Balaban J connectivity index is 2.80. The number of esters is 1. The third-order valence-corrected chi connectivity index (χ3v) is 4.10. The van der Waals surface area contributed by atoms with Crippen molar-refractivity contribution in [2.75, 3.05) is 19.7 Å². The van der Waals surface area contributed by atoms with Crippen molar-refractivity contribution in [3.05, 3.63) is 0 Å². The lowest BCUT2D eigenvalue weighted by Crippen LogP contribution is -2.51. The molecule has 0 aliphatic heterocycles. The normalized spacial score (nSPS) is 19.1. The van der Waals surface area contributed by atoms with Crippen LogP contribution in [0.3, 0.4) is 0 Å². The average molecular weight is 241 g/mol. The van der Waals surface area contributed by atoms with Crippen molar-refractivity contribution >= 4 is 5.97 Å². The van der Waals surface area contributed by atoms with E-state index in [1.807, 2.05) is 6.92 Å². The molecule has 1 fully saturated rings. The summed E-state index contributed by atoms with van der Waals surface area (Å²) in [6.45, 7) is 11.0. The fourth-order valence-electron chi connectivity index (χ4n) is 3.09. The fourth-order valence-corrected chi connectivity index (χ4v) is 3.09. The smallest absolute Gasteiger partial charge is 0.307 e. The molecule has 1 saturated carbocycles. The minimum Gasteiger partial charge on any atom is -0.466 e. The molecular formula is C14H27NO2. The first-order valence-corrected chi connectivity index (χ1v) is 7.05. The standard InChI is InChI=1S/C14H27NO2/c1-5-14(12-9-10-12,15(6-2)7-3)11-13(16)17-8-4/h12H,5-11H2,1-4H3. The van der Waals surface area contributed by atoms with Crippen LogP contribution in [0.1, 0.15) is 53.4 Å². The van der Waals surface area contributed by atoms with E-state index in [-0.39, 0.29) is 11.5 Å². The molecule has 1 atom stereocenters. The number of rotatable bonds is 8. The molecule has 0 aromatic heterocycles. The van der Waals surface area contributed by atoms with E-state index in [0.717, 1.165) is 19.5 Å². The molecule has 0 saturated heterocycles. The maximum absolute atomic E-state index is 11.8. The number of ether oxygens (including phenoxy) is 1. The van der Waals surface area contributed by atoms with Crippen molar-refractivity contribution < 1.29 is 9.53 Å². The van der Waals surface area contributed by atoms with Crippen LogP contribution in [0.2, 0.25) is 0 Å². The van der Waals surface area contributed by atoms with Crippen LogP contribution in [0.25, 0.3) is 0 Å². The minimum absolute atomic E-state index is 0.0341. The summed E-state index contributed by atoms with van der Waals surface area (Å²) >= 11 is 0. The van der Waals surface area contributed by atoms with Gasteiger partial charge in [-0.3, -0.25) is 9.69 Å². The Bertz CT molecular complexity index is 247. The molecule has 0 bridgehead atoms. The summed E-state index contributed by atoms with van der Waals surface area (Å²) in [4.78, 5) is 14.3.